The molecule has 1 N–H and O–H groups in total. The minimum absolute atomic E-state index is 0.000150. The number of nitrogens with one attached hydrogen (secondary N) is 1. The summed E-state index contributed by atoms with van der Waals surface area (Å²) in [7, 11) is -3.84. The minimum Gasteiger partial charge on any atom is -0.403 e. The Kier molecular flexibility index (Phi) is 4.74. The highest BCUT2D eigenvalue weighted by molar-refractivity contribution is 7.90. The number of benzene rings is 1. The van der Waals surface area contributed by atoms with Crippen LogP contribution in [0.15, 0.2) is 44.9 Å². The fraction of sp³-hybridized carbons (Fsp3) is 0.333. The number of aromatic amines is 1. The van der Waals surface area contributed by atoms with Crippen LogP contribution >= 0.6 is 0 Å². The molecule has 2 aromatic rings. The number of nitrogens with zero attached hydrogens (tertiary/aromatic N) is 1. The van der Waals surface area contributed by atoms with Crippen molar-refractivity contribution in [3.05, 3.63) is 62.3 Å². The molecule has 0 aliphatic carbocycles. The lowest BCUT2D eigenvalue weighted by Crippen LogP contribution is -2.40. The standard InChI is InChI=1S/C15H18N2O5S/c1-10(2)12-13(18)16-15(19)17(14(12)23(3,20)21)22-9-11-7-5-4-6-8-11/h4-8,10H,9H2,1-3H3,(H,16,18,19). The third kappa shape index (κ3) is 3.70. The van der Waals surface area contributed by atoms with Gasteiger partial charge in [-0.25, -0.2) is 13.2 Å². The average molecular weight is 338 g/mol. The highest BCUT2D eigenvalue weighted by atomic mass is 32.2. The quantitative estimate of drug-likeness (QED) is 0.809. The highest BCUT2D eigenvalue weighted by Crippen LogP contribution is 2.18. The molecule has 0 fully saturated rings. The Morgan fingerprint density at radius 1 is 1.17 bits per heavy atom. The summed E-state index contributed by atoms with van der Waals surface area (Å²) in [4.78, 5) is 31.5. The summed E-state index contributed by atoms with van der Waals surface area (Å²) in [5, 5.41) is -0.405. The van der Waals surface area contributed by atoms with Gasteiger partial charge >= 0.3 is 5.69 Å². The van der Waals surface area contributed by atoms with Crippen LogP contribution in [0.5, 0.6) is 0 Å². The summed E-state index contributed by atoms with van der Waals surface area (Å²) in [6.07, 6.45) is 0.940. The molecule has 1 aromatic heterocycles. The topological polar surface area (TPSA) is 98.2 Å². The first-order chi connectivity index (χ1) is 10.7. The van der Waals surface area contributed by atoms with Gasteiger partial charge in [-0.1, -0.05) is 44.2 Å². The van der Waals surface area contributed by atoms with Crippen LogP contribution in [0, 0.1) is 0 Å². The maximum atomic E-state index is 12.1. The van der Waals surface area contributed by atoms with Gasteiger partial charge in [0.25, 0.3) is 5.56 Å². The Labute approximate surface area is 133 Å². The van der Waals surface area contributed by atoms with Gasteiger partial charge in [-0.3, -0.25) is 9.78 Å². The molecule has 0 unspecified atom stereocenters. The third-order valence-electron chi connectivity index (χ3n) is 3.20. The minimum atomic E-state index is -3.84. The second-order valence-electron chi connectivity index (χ2n) is 5.46. The molecule has 0 saturated heterocycles. The van der Waals surface area contributed by atoms with Crippen molar-refractivity contribution in [1.29, 1.82) is 0 Å². The normalized spacial score (nSPS) is 11.7. The first kappa shape index (κ1) is 17.0. The molecular formula is C15H18N2O5S. The average Bonchev–Trinajstić information content (AvgIpc) is 2.45. The molecule has 8 heteroatoms. The first-order valence-corrected chi connectivity index (χ1v) is 8.87. The summed E-state index contributed by atoms with van der Waals surface area (Å²) in [5.41, 5.74) is -0.878. The van der Waals surface area contributed by atoms with E-state index in [4.69, 9.17) is 4.84 Å². The molecule has 0 amide bonds. The van der Waals surface area contributed by atoms with Gasteiger partial charge in [-0.05, 0) is 11.5 Å². The van der Waals surface area contributed by atoms with E-state index in [9.17, 15) is 18.0 Å². The number of aromatic nitrogens is 2. The maximum absolute atomic E-state index is 12.1. The number of H-pyrrole nitrogens is 1. The van der Waals surface area contributed by atoms with Gasteiger partial charge < -0.3 is 4.84 Å². The molecule has 0 atom stereocenters. The van der Waals surface area contributed by atoms with E-state index in [2.05, 4.69) is 4.98 Å². The molecule has 23 heavy (non-hydrogen) atoms. The molecule has 1 aromatic carbocycles. The Morgan fingerprint density at radius 2 is 1.78 bits per heavy atom. The zero-order chi connectivity index (χ0) is 17.2. The van der Waals surface area contributed by atoms with Gasteiger partial charge in [0.1, 0.15) is 6.61 Å². The van der Waals surface area contributed by atoms with Crippen molar-refractivity contribution in [2.75, 3.05) is 6.26 Å². The van der Waals surface area contributed by atoms with E-state index in [1.807, 2.05) is 6.07 Å². The van der Waals surface area contributed by atoms with Crippen molar-refractivity contribution in [2.45, 2.75) is 31.4 Å². The summed E-state index contributed by atoms with van der Waals surface area (Å²) < 4.78 is 24.9. The van der Waals surface area contributed by atoms with E-state index < -0.39 is 32.0 Å². The predicted molar refractivity (Wildman–Crippen MR) is 85.2 cm³/mol. The Morgan fingerprint density at radius 3 is 2.30 bits per heavy atom. The summed E-state index contributed by atoms with van der Waals surface area (Å²) in [6, 6.07) is 8.98. The molecular weight excluding hydrogens is 320 g/mol. The fourth-order valence-corrected chi connectivity index (χ4v) is 3.37. The molecule has 0 bridgehead atoms. The van der Waals surface area contributed by atoms with Crippen molar-refractivity contribution < 1.29 is 13.3 Å². The Hall–Kier alpha value is -2.35. The largest absolute Gasteiger partial charge is 0.403 e. The van der Waals surface area contributed by atoms with Crippen molar-refractivity contribution in [2.24, 2.45) is 0 Å². The highest BCUT2D eigenvalue weighted by Gasteiger charge is 2.26. The van der Waals surface area contributed by atoms with Gasteiger partial charge in [-0.2, -0.15) is 0 Å². The van der Waals surface area contributed by atoms with Crippen molar-refractivity contribution in [1.82, 2.24) is 9.71 Å². The van der Waals surface area contributed by atoms with Crippen molar-refractivity contribution in [3.8, 4) is 0 Å². The molecule has 0 aliphatic heterocycles. The maximum Gasteiger partial charge on any atom is 0.362 e. The molecule has 0 aliphatic rings. The van der Waals surface area contributed by atoms with Gasteiger partial charge in [0.05, 0.1) is 5.56 Å². The van der Waals surface area contributed by atoms with E-state index >= 15 is 0 Å². The van der Waals surface area contributed by atoms with E-state index in [0.717, 1.165) is 11.8 Å². The van der Waals surface area contributed by atoms with Crippen LogP contribution < -0.4 is 16.1 Å². The van der Waals surface area contributed by atoms with Crippen LogP contribution in [-0.2, 0) is 16.4 Å². The van der Waals surface area contributed by atoms with Crippen LogP contribution in [0.2, 0.25) is 0 Å². The second kappa shape index (κ2) is 6.41. The van der Waals surface area contributed by atoms with Gasteiger partial charge in [0, 0.05) is 6.26 Å². The monoisotopic (exact) mass is 338 g/mol. The van der Waals surface area contributed by atoms with Crippen LogP contribution in [-0.4, -0.2) is 24.4 Å². The van der Waals surface area contributed by atoms with E-state index in [1.54, 1.807) is 38.1 Å². The first-order valence-electron chi connectivity index (χ1n) is 6.98. The lowest BCUT2D eigenvalue weighted by Gasteiger charge is -2.16. The van der Waals surface area contributed by atoms with E-state index in [0.29, 0.717) is 4.73 Å². The van der Waals surface area contributed by atoms with Crippen LogP contribution in [0.4, 0.5) is 0 Å². The molecule has 7 nitrogen and oxygen atoms in total. The summed E-state index contributed by atoms with van der Waals surface area (Å²) in [6.45, 7) is 3.34. The number of hydrogen-bond acceptors (Lipinski definition) is 5. The van der Waals surface area contributed by atoms with Gasteiger partial charge in [0.15, 0.2) is 14.9 Å². The smallest absolute Gasteiger partial charge is 0.362 e. The molecule has 0 spiro atoms. The number of rotatable bonds is 5. The van der Waals surface area contributed by atoms with Gasteiger partial charge in [0.2, 0.25) is 0 Å². The van der Waals surface area contributed by atoms with Crippen molar-refractivity contribution in [3.63, 3.8) is 0 Å². The molecule has 2 rings (SSSR count). The lowest BCUT2D eigenvalue weighted by molar-refractivity contribution is 0.0648. The predicted octanol–water partition coefficient (Wildman–Crippen LogP) is 0.692. The summed E-state index contributed by atoms with van der Waals surface area (Å²) >= 11 is 0. The SMILES string of the molecule is CC(C)c1c(S(C)(=O)=O)n(OCc2ccccc2)c(=O)[nH]c1=O. The van der Waals surface area contributed by atoms with Crippen LogP contribution in [0.25, 0.3) is 0 Å². The lowest BCUT2D eigenvalue weighted by atomic mass is 10.1. The molecule has 1 heterocycles. The van der Waals surface area contributed by atoms with Gasteiger partial charge in [-0.15, -0.1) is 4.73 Å². The zero-order valence-corrected chi connectivity index (χ0v) is 13.9. The summed E-state index contributed by atoms with van der Waals surface area (Å²) in [5.74, 6) is -0.393. The zero-order valence-electron chi connectivity index (χ0n) is 13.1. The molecule has 124 valence electrons. The molecule has 0 radical (unpaired) electrons. The van der Waals surface area contributed by atoms with Crippen LogP contribution in [0.1, 0.15) is 30.9 Å². The van der Waals surface area contributed by atoms with Crippen LogP contribution in [0.3, 0.4) is 0 Å². The number of sulfone groups is 1. The molecule has 0 saturated carbocycles. The van der Waals surface area contributed by atoms with E-state index in [-0.39, 0.29) is 12.2 Å². The van der Waals surface area contributed by atoms with E-state index in [1.165, 1.54) is 0 Å². The fourth-order valence-electron chi connectivity index (χ4n) is 2.20. The Bertz CT molecular complexity index is 911. The van der Waals surface area contributed by atoms with Crippen molar-refractivity contribution >= 4 is 9.84 Å². The third-order valence-corrected chi connectivity index (χ3v) is 4.28. The number of hydrogen-bond donors (Lipinski definition) is 1. The Balaban J connectivity index is 2.61. The second-order valence-corrected chi connectivity index (χ2v) is 7.39.